The van der Waals surface area contributed by atoms with Gasteiger partial charge in [0, 0.05) is 6.42 Å². The van der Waals surface area contributed by atoms with Crippen LogP contribution in [0, 0.1) is 6.92 Å². The molecular formula is C25H29NO5. The fourth-order valence-corrected chi connectivity index (χ4v) is 4.35. The Balaban J connectivity index is 1.64. The third kappa shape index (κ3) is 4.11. The van der Waals surface area contributed by atoms with Crippen LogP contribution in [-0.4, -0.2) is 37.7 Å². The maximum atomic E-state index is 13.4. The monoisotopic (exact) mass is 423 g/mol. The molecule has 31 heavy (non-hydrogen) atoms. The first-order valence-electron chi connectivity index (χ1n) is 10.8. The summed E-state index contributed by atoms with van der Waals surface area (Å²) in [5, 5.41) is 3.02. The Labute approximate surface area is 182 Å². The highest BCUT2D eigenvalue weighted by Gasteiger charge is 2.44. The Kier molecular flexibility index (Phi) is 5.90. The summed E-state index contributed by atoms with van der Waals surface area (Å²) in [6.07, 6.45) is 4.77. The smallest absolute Gasteiger partial charge is 0.331 e. The van der Waals surface area contributed by atoms with E-state index in [-0.39, 0.29) is 12.0 Å². The molecule has 0 aliphatic heterocycles. The van der Waals surface area contributed by atoms with Crippen LogP contribution in [0.3, 0.4) is 0 Å². The van der Waals surface area contributed by atoms with Crippen LogP contribution in [0.1, 0.15) is 52.7 Å². The van der Waals surface area contributed by atoms with Crippen molar-refractivity contribution in [3.63, 3.8) is 0 Å². The SMILES string of the molecule is COC(=O)C1(NC(=O)c2cccc(C)c2OC2CCC2)CCc2ccc(OC)cc2C1. The maximum absolute atomic E-state index is 13.4. The summed E-state index contributed by atoms with van der Waals surface area (Å²) in [6, 6.07) is 11.4. The van der Waals surface area contributed by atoms with E-state index < -0.39 is 11.5 Å². The first kappa shape index (κ1) is 21.2. The maximum Gasteiger partial charge on any atom is 0.331 e. The molecule has 6 nitrogen and oxygen atoms in total. The number of carbonyl (C=O) groups excluding carboxylic acids is 2. The van der Waals surface area contributed by atoms with Gasteiger partial charge in [-0.25, -0.2) is 4.79 Å². The molecule has 2 aromatic carbocycles. The molecule has 6 heteroatoms. The van der Waals surface area contributed by atoms with E-state index in [9.17, 15) is 9.59 Å². The number of rotatable bonds is 6. The minimum Gasteiger partial charge on any atom is -0.497 e. The zero-order valence-corrected chi connectivity index (χ0v) is 18.3. The number of fused-ring (bicyclic) bond motifs is 1. The molecule has 1 fully saturated rings. The molecule has 164 valence electrons. The predicted octanol–water partition coefficient (Wildman–Crippen LogP) is 3.77. The Morgan fingerprint density at radius 2 is 1.90 bits per heavy atom. The van der Waals surface area contributed by atoms with Gasteiger partial charge >= 0.3 is 5.97 Å². The highest BCUT2D eigenvalue weighted by Crippen LogP contribution is 2.34. The topological polar surface area (TPSA) is 73.9 Å². The molecule has 0 aromatic heterocycles. The van der Waals surface area contributed by atoms with Gasteiger partial charge in [-0.15, -0.1) is 0 Å². The summed E-state index contributed by atoms with van der Waals surface area (Å²) in [6.45, 7) is 1.93. The van der Waals surface area contributed by atoms with Gasteiger partial charge in [-0.05, 0) is 73.9 Å². The lowest BCUT2D eigenvalue weighted by atomic mass is 9.77. The van der Waals surface area contributed by atoms with Gasteiger partial charge in [0.25, 0.3) is 5.91 Å². The largest absolute Gasteiger partial charge is 0.497 e. The van der Waals surface area contributed by atoms with Crippen LogP contribution in [0.15, 0.2) is 36.4 Å². The Morgan fingerprint density at radius 3 is 2.58 bits per heavy atom. The van der Waals surface area contributed by atoms with E-state index in [0.717, 1.165) is 41.7 Å². The number of para-hydroxylation sites is 1. The summed E-state index contributed by atoms with van der Waals surface area (Å²) >= 11 is 0. The second-order valence-corrected chi connectivity index (χ2v) is 8.46. The van der Waals surface area contributed by atoms with Crippen molar-refractivity contribution in [1.29, 1.82) is 0 Å². The normalized spacial score (nSPS) is 20.2. The van der Waals surface area contributed by atoms with Crippen molar-refractivity contribution in [2.45, 2.75) is 57.1 Å². The van der Waals surface area contributed by atoms with Gasteiger partial charge in [0.1, 0.15) is 17.0 Å². The minimum atomic E-state index is -1.14. The minimum absolute atomic E-state index is 0.149. The predicted molar refractivity (Wildman–Crippen MR) is 117 cm³/mol. The van der Waals surface area contributed by atoms with Crippen molar-refractivity contribution >= 4 is 11.9 Å². The van der Waals surface area contributed by atoms with Gasteiger partial charge in [0.05, 0.1) is 25.9 Å². The number of aryl methyl sites for hydroxylation is 2. The van der Waals surface area contributed by atoms with Crippen molar-refractivity contribution in [3.05, 3.63) is 58.7 Å². The van der Waals surface area contributed by atoms with Crippen LogP contribution in [0.5, 0.6) is 11.5 Å². The fraction of sp³-hybridized carbons (Fsp3) is 0.440. The number of hydrogen-bond acceptors (Lipinski definition) is 5. The van der Waals surface area contributed by atoms with Crippen LogP contribution in [0.4, 0.5) is 0 Å². The molecule has 2 aliphatic rings. The molecule has 1 N–H and O–H groups in total. The fourth-order valence-electron chi connectivity index (χ4n) is 4.35. The van der Waals surface area contributed by atoms with E-state index in [1.165, 1.54) is 7.11 Å². The molecule has 0 radical (unpaired) electrons. The van der Waals surface area contributed by atoms with Crippen LogP contribution in [0.2, 0.25) is 0 Å². The van der Waals surface area contributed by atoms with Gasteiger partial charge in [-0.2, -0.15) is 0 Å². The molecule has 1 saturated carbocycles. The highest BCUT2D eigenvalue weighted by molar-refractivity contribution is 6.00. The number of hydrogen-bond donors (Lipinski definition) is 1. The standard InChI is InChI=1S/C25H29NO5/c1-16-6-4-9-21(22(16)31-19-7-5-8-19)23(27)26-25(24(28)30-3)13-12-17-10-11-20(29-2)14-18(17)15-25/h4,6,9-11,14,19H,5,7-8,12-13,15H2,1-3H3,(H,26,27). The van der Waals surface area contributed by atoms with E-state index in [2.05, 4.69) is 5.32 Å². The summed E-state index contributed by atoms with van der Waals surface area (Å²) in [7, 11) is 2.97. The Hall–Kier alpha value is -3.02. The molecule has 4 rings (SSSR count). The second-order valence-electron chi connectivity index (χ2n) is 8.46. The van der Waals surface area contributed by atoms with Crippen LogP contribution < -0.4 is 14.8 Å². The number of esters is 1. The third-order valence-corrected chi connectivity index (χ3v) is 6.45. The number of ether oxygens (including phenoxy) is 3. The van der Waals surface area contributed by atoms with Crippen molar-refractivity contribution in [2.24, 2.45) is 0 Å². The van der Waals surface area contributed by atoms with E-state index in [1.54, 1.807) is 13.2 Å². The quantitative estimate of drug-likeness (QED) is 0.716. The molecule has 0 spiro atoms. The zero-order valence-electron chi connectivity index (χ0n) is 18.3. The molecule has 2 aliphatic carbocycles. The first-order valence-corrected chi connectivity index (χ1v) is 10.8. The molecule has 0 heterocycles. The Bertz CT molecular complexity index is 997. The van der Waals surface area contributed by atoms with E-state index in [4.69, 9.17) is 14.2 Å². The molecule has 0 saturated heterocycles. The van der Waals surface area contributed by atoms with E-state index in [1.807, 2.05) is 37.3 Å². The average Bonchev–Trinajstić information content (AvgIpc) is 2.75. The van der Waals surface area contributed by atoms with Crippen molar-refractivity contribution in [1.82, 2.24) is 5.32 Å². The molecule has 1 unspecified atom stereocenters. The number of methoxy groups -OCH3 is 2. The molecule has 2 aromatic rings. The average molecular weight is 424 g/mol. The summed E-state index contributed by atoms with van der Waals surface area (Å²) < 4.78 is 16.6. The molecule has 1 amide bonds. The van der Waals surface area contributed by atoms with Gasteiger partial charge in [0.2, 0.25) is 0 Å². The van der Waals surface area contributed by atoms with E-state index in [0.29, 0.717) is 30.6 Å². The van der Waals surface area contributed by atoms with Gasteiger partial charge in [-0.3, -0.25) is 4.79 Å². The highest BCUT2D eigenvalue weighted by atomic mass is 16.5. The van der Waals surface area contributed by atoms with Crippen LogP contribution in [0.25, 0.3) is 0 Å². The van der Waals surface area contributed by atoms with Crippen molar-refractivity contribution in [3.8, 4) is 11.5 Å². The summed E-state index contributed by atoms with van der Waals surface area (Å²) in [5.41, 5.74) is 2.35. The van der Waals surface area contributed by atoms with Crippen LogP contribution >= 0.6 is 0 Å². The number of carbonyl (C=O) groups is 2. The third-order valence-electron chi connectivity index (χ3n) is 6.45. The van der Waals surface area contributed by atoms with Crippen molar-refractivity contribution < 1.29 is 23.8 Å². The number of amides is 1. The second kappa shape index (κ2) is 8.61. The lowest BCUT2D eigenvalue weighted by Crippen LogP contribution is -2.58. The van der Waals surface area contributed by atoms with Crippen molar-refractivity contribution in [2.75, 3.05) is 14.2 Å². The summed E-state index contributed by atoms with van der Waals surface area (Å²) in [5.74, 6) is 0.557. The molecule has 1 atom stereocenters. The van der Waals surface area contributed by atoms with E-state index >= 15 is 0 Å². The van der Waals surface area contributed by atoms with Gasteiger partial charge < -0.3 is 19.5 Å². The molecule has 0 bridgehead atoms. The van der Waals surface area contributed by atoms with Crippen LogP contribution in [-0.2, 0) is 22.4 Å². The summed E-state index contributed by atoms with van der Waals surface area (Å²) in [4.78, 5) is 26.3. The first-order chi connectivity index (χ1) is 15.0. The Morgan fingerprint density at radius 1 is 1.10 bits per heavy atom. The van der Waals surface area contributed by atoms with Gasteiger partial charge in [0.15, 0.2) is 0 Å². The lowest BCUT2D eigenvalue weighted by molar-refractivity contribution is -0.148. The van der Waals surface area contributed by atoms with Gasteiger partial charge in [-0.1, -0.05) is 18.2 Å². The number of benzene rings is 2. The lowest BCUT2D eigenvalue weighted by Gasteiger charge is -2.37. The zero-order chi connectivity index (χ0) is 22.0. The molecular weight excluding hydrogens is 394 g/mol. The number of nitrogens with one attached hydrogen (secondary N) is 1.